The van der Waals surface area contributed by atoms with Crippen LogP contribution in [0.1, 0.15) is 37.3 Å². The molecule has 0 aliphatic rings. The van der Waals surface area contributed by atoms with Crippen molar-refractivity contribution in [1.82, 2.24) is 14.8 Å². The van der Waals surface area contributed by atoms with Crippen molar-refractivity contribution < 1.29 is 4.79 Å². The SMILES string of the molecule is CC[C@@H](C)c1ccc(NC(=O)CSc2nnc(-c3ccccc3C)n2C)cc1. The monoisotopic (exact) mass is 394 g/mol. The van der Waals surface area contributed by atoms with Crippen LogP contribution in [0.5, 0.6) is 0 Å². The largest absolute Gasteiger partial charge is 0.325 e. The fourth-order valence-electron chi connectivity index (χ4n) is 2.96. The summed E-state index contributed by atoms with van der Waals surface area (Å²) in [6.07, 6.45) is 1.10. The fourth-order valence-corrected chi connectivity index (χ4v) is 3.67. The first-order valence-electron chi connectivity index (χ1n) is 9.47. The summed E-state index contributed by atoms with van der Waals surface area (Å²) < 4.78 is 1.93. The van der Waals surface area contributed by atoms with Gasteiger partial charge in [0, 0.05) is 18.3 Å². The van der Waals surface area contributed by atoms with Gasteiger partial charge in [0.15, 0.2) is 11.0 Å². The van der Waals surface area contributed by atoms with E-state index in [1.165, 1.54) is 17.3 Å². The average Bonchev–Trinajstić information content (AvgIpc) is 3.07. The van der Waals surface area contributed by atoms with Crippen molar-refractivity contribution in [3.8, 4) is 11.4 Å². The van der Waals surface area contributed by atoms with E-state index in [0.29, 0.717) is 5.92 Å². The van der Waals surface area contributed by atoms with Crippen LogP contribution < -0.4 is 5.32 Å². The van der Waals surface area contributed by atoms with Crippen LogP contribution in [-0.2, 0) is 11.8 Å². The second kappa shape index (κ2) is 9.06. The van der Waals surface area contributed by atoms with Crippen molar-refractivity contribution in [3.05, 3.63) is 59.7 Å². The van der Waals surface area contributed by atoms with Gasteiger partial charge >= 0.3 is 0 Å². The Bertz CT molecular complexity index is 949. The lowest BCUT2D eigenvalue weighted by atomic mass is 9.99. The van der Waals surface area contributed by atoms with Gasteiger partial charge in [-0.15, -0.1) is 10.2 Å². The van der Waals surface area contributed by atoms with E-state index in [-0.39, 0.29) is 11.7 Å². The molecule has 6 heteroatoms. The van der Waals surface area contributed by atoms with Crippen LogP contribution in [0.15, 0.2) is 53.7 Å². The predicted octanol–water partition coefficient (Wildman–Crippen LogP) is 5.03. The minimum absolute atomic E-state index is 0.0540. The van der Waals surface area contributed by atoms with Gasteiger partial charge in [-0.05, 0) is 42.5 Å². The number of aryl methyl sites for hydroxylation is 1. The Kier molecular flexibility index (Phi) is 6.52. The average molecular weight is 395 g/mol. The molecular formula is C22H26N4OS. The van der Waals surface area contributed by atoms with Gasteiger partial charge in [0.1, 0.15) is 0 Å². The van der Waals surface area contributed by atoms with E-state index in [0.717, 1.165) is 34.2 Å². The predicted molar refractivity (Wildman–Crippen MR) is 116 cm³/mol. The van der Waals surface area contributed by atoms with E-state index in [2.05, 4.69) is 54.5 Å². The van der Waals surface area contributed by atoms with Gasteiger partial charge in [-0.25, -0.2) is 0 Å². The molecule has 0 aliphatic carbocycles. The smallest absolute Gasteiger partial charge is 0.234 e. The van der Waals surface area contributed by atoms with Gasteiger partial charge in [0.25, 0.3) is 0 Å². The first-order chi connectivity index (χ1) is 13.5. The highest BCUT2D eigenvalue weighted by Gasteiger charge is 2.14. The molecule has 3 aromatic rings. The molecule has 1 N–H and O–H groups in total. The number of hydrogen-bond acceptors (Lipinski definition) is 4. The number of hydrogen-bond donors (Lipinski definition) is 1. The zero-order valence-corrected chi connectivity index (χ0v) is 17.6. The molecule has 0 fully saturated rings. The summed E-state index contributed by atoms with van der Waals surface area (Å²) in [6.45, 7) is 6.43. The van der Waals surface area contributed by atoms with Crippen molar-refractivity contribution >= 4 is 23.4 Å². The number of rotatable bonds is 7. The highest BCUT2D eigenvalue weighted by atomic mass is 32.2. The lowest BCUT2D eigenvalue weighted by molar-refractivity contribution is -0.113. The second-order valence-corrected chi connectivity index (χ2v) is 7.89. The number of benzene rings is 2. The summed E-state index contributed by atoms with van der Waals surface area (Å²) >= 11 is 1.38. The summed E-state index contributed by atoms with van der Waals surface area (Å²) in [5.41, 5.74) is 4.30. The third kappa shape index (κ3) is 4.62. The van der Waals surface area contributed by atoms with Gasteiger partial charge < -0.3 is 9.88 Å². The van der Waals surface area contributed by atoms with Crippen LogP contribution in [0.3, 0.4) is 0 Å². The van der Waals surface area contributed by atoms with Gasteiger partial charge in [-0.1, -0.05) is 62.0 Å². The topological polar surface area (TPSA) is 59.8 Å². The van der Waals surface area contributed by atoms with Crippen LogP contribution in [-0.4, -0.2) is 26.4 Å². The van der Waals surface area contributed by atoms with E-state index in [4.69, 9.17) is 0 Å². The van der Waals surface area contributed by atoms with Gasteiger partial charge in [-0.2, -0.15) is 0 Å². The molecule has 0 aliphatic heterocycles. The Balaban J connectivity index is 1.60. The summed E-state index contributed by atoms with van der Waals surface area (Å²) in [5, 5.41) is 12.2. The lowest BCUT2D eigenvalue weighted by Crippen LogP contribution is -2.14. The van der Waals surface area contributed by atoms with E-state index >= 15 is 0 Å². The van der Waals surface area contributed by atoms with E-state index in [9.17, 15) is 4.79 Å². The quantitative estimate of drug-likeness (QED) is 0.571. The molecule has 28 heavy (non-hydrogen) atoms. The molecule has 0 spiro atoms. The first kappa shape index (κ1) is 20.1. The normalized spacial score (nSPS) is 12.0. The molecule has 3 rings (SSSR count). The number of anilines is 1. The maximum absolute atomic E-state index is 12.3. The Labute approximate surface area is 170 Å². The Morgan fingerprint density at radius 3 is 2.54 bits per heavy atom. The zero-order valence-electron chi connectivity index (χ0n) is 16.8. The number of nitrogens with zero attached hydrogens (tertiary/aromatic N) is 3. The standard InChI is InChI=1S/C22H26N4OS/c1-5-15(2)17-10-12-18(13-11-17)23-20(27)14-28-22-25-24-21(26(22)4)19-9-7-6-8-16(19)3/h6-13,15H,5,14H2,1-4H3,(H,23,27)/t15-/m1/s1. The van der Waals surface area contributed by atoms with Crippen molar-refractivity contribution in [2.24, 2.45) is 7.05 Å². The number of carbonyl (C=O) groups is 1. The third-order valence-corrected chi connectivity index (χ3v) is 5.95. The van der Waals surface area contributed by atoms with Crippen molar-refractivity contribution in [2.45, 2.75) is 38.3 Å². The minimum Gasteiger partial charge on any atom is -0.325 e. The van der Waals surface area contributed by atoms with Gasteiger partial charge in [0.2, 0.25) is 5.91 Å². The Morgan fingerprint density at radius 2 is 1.86 bits per heavy atom. The highest BCUT2D eigenvalue weighted by Crippen LogP contribution is 2.25. The molecule has 146 valence electrons. The Hall–Kier alpha value is -2.60. The number of amides is 1. The summed E-state index contributed by atoms with van der Waals surface area (Å²) in [5.74, 6) is 1.56. The molecule has 1 atom stereocenters. The molecule has 2 aromatic carbocycles. The molecule has 1 amide bonds. The number of aromatic nitrogens is 3. The van der Waals surface area contributed by atoms with E-state index in [1.807, 2.05) is 41.9 Å². The second-order valence-electron chi connectivity index (χ2n) is 6.95. The molecule has 5 nitrogen and oxygen atoms in total. The number of nitrogens with one attached hydrogen (secondary N) is 1. The van der Waals surface area contributed by atoms with E-state index in [1.54, 1.807) is 0 Å². The molecule has 0 saturated carbocycles. The van der Waals surface area contributed by atoms with Crippen LogP contribution >= 0.6 is 11.8 Å². The van der Waals surface area contributed by atoms with Gasteiger partial charge in [-0.3, -0.25) is 4.79 Å². The van der Waals surface area contributed by atoms with Crippen LogP contribution in [0.25, 0.3) is 11.4 Å². The summed E-state index contributed by atoms with van der Waals surface area (Å²) in [4.78, 5) is 12.3. The van der Waals surface area contributed by atoms with Crippen molar-refractivity contribution in [1.29, 1.82) is 0 Å². The van der Waals surface area contributed by atoms with Crippen LogP contribution in [0.2, 0.25) is 0 Å². The zero-order chi connectivity index (χ0) is 20.1. The van der Waals surface area contributed by atoms with E-state index < -0.39 is 0 Å². The molecule has 0 unspecified atom stereocenters. The molecular weight excluding hydrogens is 368 g/mol. The maximum atomic E-state index is 12.3. The maximum Gasteiger partial charge on any atom is 0.234 e. The number of carbonyl (C=O) groups excluding carboxylic acids is 1. The minimum atomic E-state index is -0.0540. The van der Waals surface area contributed by atoms with Crippen LogP contribution in [0.4, 0.5) is 5.69 Å². The summed E-state index contributed by atoms with van der Waals surface area (Å²) in [6, 6.07) is 16.2. The highest BCUT2D eigenvalue weighted by molar-refractivity contribution is 7.99. The van der Waals surface area contributed by atoms with Crippen LogP contribution in [0, 0.1) is 6.92 Å². The number of thioether (sulfide) groups is 1. The third-order valence-electron chi connectivity index (χ3n) is 4.93. The molecule has 1 aromatic heterocycles. The first-order valence-corrected chi connectivity index (χ1v) is 10.5. The summed E-state index contributed by atoms with van der Waals surface area (Å²) in [7, 11) is 1.93. The van der Waals surface area contributed by atoms with Crippen molar-refractivity contribution in [2.75, 3.05) is 11.1 Å². The Morgan fingerprint density at radius 1 is 1.14 bits per heavy atom. The molecule has 0 radical (unpaired) electrons. The fraction of sp³-hybridized carbons (Fsp3) is 0.318. The molecule has 0 bridgehead atoms. The molecule has 0 saturated heterocycles. The van der Waals surface area contributed by atoms with Crippen molar-refractivity contribution in [3.63, 3.8) is 0 Å². The lowest BCUT2D eigenvalue weighted by Gasteiger charge is -2.10. The van der Waals surface area contributed by atoms with Gasteiger partial charge in [0.05, 0.1) is 5.75 Å². The molecule has 1 heterocycles.